The van der Waals surface area contributed by atoms with Gasteiger partial charge < -0.3 is 9.90 Å². The highest BCUT2D eigenvalue weighted by Crippen LogP contribution is 2.52. The Morgan fingerprint density at radius 1 is 1.57 bits per heavy atom. The van der Waals surface area contributed by atoms with Crippen molar-refractivity contribution < 1.29 is 9.90 Å². The standard InChI is InChI=1S/C11H19NO2/c1-11(2)9-8(10(11)14)4-3-5-12(9)6-7-13/h7-10,14H,3-6H2,1-2H3. The average Bonchev–Trinajstić information content (AvgIpc) is 2.17. The Hall–Kier alpha value is -0.410. The molecule has 1 N–H and O–H groups in total. The van der Waals surface area contributed by atoms with Crippen molar-refractivity contribution in [1.29, 1.82) is 0 Å². The van der Waals surface area contributed by atoms with Gasteiger partial charge in [-0.2, -0.15) is 0 Å². The van der Waals surface area contributed by atoms with E-state index < -0.39 is 0 Å². The van der Waals surface area contributed by atoms with E-state index in [1.165, 1.54) is 0 Å². The van der Waals surface area contributed by atoms with Crippen LogP contribution >= 0.6 is 0 Å². The van der Waals surface area contributed by atoms with Crippen LogP contribution in [0.3, 0.4) is 0 Å². The summed E-state index contributed by atoms with van der Waals surface area (Å²) in [5.74, 6) is 0.402. The number of nitrogens with zero attached hydrogens (tertiary/aromatic N) is 1. The maximum absolute atomic E-state index is 10.5. The third-order valence-electron chi connectivity index (χ3n) is 4.02. The summed E-state index contributed by atoms with van der Waals surface area (Å²) in [4.78, 5) is 12.8. The second-order valence-electron chi connectivity index (χ2n) is 5.18. The predicted octanol–water partition coefficient (Wildman–Crippen LogP) is 0.667. The minimum Gasteiger partial charge on any atom is -0.392 e. The second kappa shape index (κ2) is 3.31. The zero-order valence-corrected chi connectivity index (χ0v) is 8.94. The summed E-state index contributed by atoms with van der Waals surface area (Å²) in [6, 6.07) is 0.413. The number of aldehydes is 1. The van der Waals surface area contributed by atoms with Crippen LogP contribution in [0, 0.1) is 11.3 Å². The van der Waals surface area contributed by atoms with Crippen molar-refractivity contribution in [3.63, 3.8) is 0 Å². The number of piperidine rings is 1. The molecule has 1 saturated heterocycles. The third kappa shape index (κ3) is 1.22. The van der Waals surface area contributed by atoms with Gasteiger partial charge in [0.15, 0.2) is 0 Å². The van der Waals surface area contributed by atoms with Gasteiger partial charge in [-0.3, -0.25) is 4.90 Å². The number of aliphatic hydroxyl groups excluding tert-OH is 1. The molecule has 1 heterocycles. The van der Waals surface area contributed by atoms with Crippen molar-refractivity contribution in [2.24, 2.45) is 11.3 Å². The minimum absolute atomic E-state index is 0.0336. The van der Waals surface area contributed by atoms with Crippen molar-refractivity contribution in [3.8, 4) is 0 Å². The van der Waals surface area contributed by atoms with Crippen molar-refractivity contribution in [2.45, 2.75) is 38.8 Å². The van der Waals surface area contributed by atoms with Crippen LogP contribution in [0.5, 0.6) is 0 Å². The lowest BCUT2D eigenvalue weighted by Gasteiger charge is -2.62. The van der Waals surface area contributed by atoms with E-state index in [0.717, 1.165) is 25.7 Å². The molecule has 1 aliphatic carbocycles. The molecule has 1 saturated carbocycles. The summed E-state index contributed by atoms with van der Waals surface area (Å²) in [5, 5.41) is 9.94. The molecule has 2 aliphatic rings. The molecule has 2 fully saturated rings. The fraction of sp³-hybridized carbons (Fsp3) is 0.909. The molecule has 14 heavy (non-hydrogen) atoms. The lowest BCUT2D eigenvalue weighted by molar-refractivity contribution is -0.191. The number of carbonyl (C=O) groups excluding carboxylic acids is 1. The van der Waals surface area contributed by atoms with Gasteiger partial charge in [-0.15, -0.1) is 0 Å². The number of aliphatic hydroxyl groups is 1. The van der Waals surface area contributed by atoms with Crippen LogP contribution in [0.15, 0.2) is 0 Å². The Labute approximate surface area is 85.1 Å². The van der Waals surface area contributed by atoms with Crippen LogP contribution < -0.4 is 0 Å². The Balaban J connectivity index is 2.12. The predicted molar refractivity (Wildman–Crippen MR) is 53.9 cm³/mol. The van der Waals surface area contributed by atoms with Gasteiger partial charge in [0.1, 0.15) is 6.29 Å². The van der Waals surface area contributed by atoms with E-state index in [2.05, 4.69) is 18.7 Å². The zero-order valence-electron chi connectivity index (χ0n) is 8.94. The molecule has 0 radical (unpaired) electrons. The summed E-state index contributed by atoms with van der Waals surface area (Å²) < 4.78 is 0. The number of hydrogen-bond acceptors (Lipinski definition) is 3. The summed E-state index contributed by atoms with van der Waals surface area (Å²) in [6.45, 7) is 5.73. The van der Waals surface area contributed by atoms with Crippen molar-refractivity contribution in [2.75, 3.05) is 13.1 Å². The third-order valence-corrected chi connectivity index (χ3v) is 4.02. The molecule has 0 bridgehead atoms. The molecular formula is C11H19NO2. The van der Waals surface area contributed by atoms with Crippen LogP contribution in [0.25, 0.3) is 0 Å². The van der Waals surface area contributed by atoms with Crippen molar-refractivity contribution >= 4 is 6.29 Å². The van der Waals surface area contributed by atoms with Gasteiger partial charge >= 0.3 is 0 Å². The highest BCUT2D eigenvalue weighted by atomic mass is 16.3. The molecule has 3 atom stereocenters. The number of likely N-dealkylation sites (tertiary alicyclic amines) is 1. The quantitative estimate of drug-likeness (QED) is 0.661. The van der Waals surface area contributed by atoms with E-state index in [-0.39, 0.29) is 11.5 Å². The number of carbonyl (C=O) groups is 1. The zero-order chi connectivity index (χ0) is 10.3. The fourth-order valence-electron chi connectivity index (χ4n) is 3.36. The Kier molecular flexibility index (Phi) is 2.40. The Bertz CT molecular complexity index is 239. The molecule has 2 rings (SSSR count). The van der Waals surface area contributed by atoms with Crippen molar-refractivity contribution in [1.82, 2.24) is 4.90 Å². The molecule has 0 aromatic heterocycles. The van der Waals surface area contributed by atoms with Gasteiger partial charge in [-0.05, 0) is 19.4 Å². The van der Waals surface area contributed by atoms with Gasteiger partial charge in [0, 0.05) is 17.4 Å². The number of hydrogen-bond donors (Lipinski definition) is 1. The van der Waals surface area contributed by atoms with E-state index in [9.17, 15) is 9.90 Å². The first-order valence-corrected chi connectivity index (χ1v) is 5.45. The van der Waals surface area contributed by atoms with Gasteiger partial charge in [-0.25, -0.2) is 0 Å². The second-order valence-corrected chi connectivity index (χ2v) is 5.18. The van der Waals surface area contributed by atoms with Gasteiger partial charge in [-0.1, -0.05) is 13.8 Å². The molecule has 0 aromatic rings. The summed E-state index contributed by atoms with van der Waals surface area (Å²) >= 11 is 0. The average molecular weight is 197 g/mol. The molecule has 0 amide bonds. The first-order chi connectivity index (χ1) is 6.59. The van der Waals surface area contributed by atoms with Crippen LogP contribution in [-0.2, 0) is 4.79 Å². The molecule has 3 unspecified atom stereocenters. The molecule has 3 heteroatoms. The maximum Gasteiger partial charge on any atom is 0.133 e. The van der Waals surface area contributed by atoms with Crippen LogP contribution in [0.1, 0.15) is 26.7 Å². The Morgan fingerprint density at radius 2 is 2.29 bits per heavy atom. The van der Waals surface area contributed by atoms with E-state index in [1.54, 1.807) is 0 Å². The SMILES string of the molecule is CC1(C)C(O)C2CCCN(CC=O)C21. The number of rotatable bonds is 2. The molecule has 3 nitrogen and oxygen atoms in total. The smallest absolute Gasteiger partial charge is 0.133 e. The minimum atomic E-state index is -0.179. The van der Waals surface area contributed by atoms with E-state index >= 15 is 0 Å². The van der Waals surface area contributed by atoms with E-state index in [1.807, 2.05) is 0 Å². The Morgan fingerprint density at radius 3 is 2.93 bits per heavy atom. The van der Waals surface area contributed by atoms with E-state index in [0.29, 0.717) is 18.5 Å². The molecular weight excluding hydrogens is 178 g/mol. The molecule has 80 valence electrons. The largest absolute Gasteiger partial charge is 0.392 e. The van der Waals surface area contributed by atoms with Gasteiger partial charge in [0.25, 0.3) is 0 Å². The molecule has 0 aromatic carbocycles. The maximum atomic E-state index is 10.5. The van der Waals surface area contributed by atoms with Crippen LogP contribution in [-0.4, -0.2) is 41.5 Å². The molecule has 0 spiro atoms. The van der Waals surface area contributed by atoms with Crippen LogP contribution in [0.4, 0.5) is 0 Å². The monoisotopic (exact) mass is 197 g/mol. The van der Waals surface area contributed by atoms with Crippen molar-refractivity contribution in [3.05, 3.63) is 0 Å². The first kappa shape index (κ1) is 10.1. The summed E-state index contributed by atoms with van der Waals surface area (Å²) in [5.41, 5.74) is -0.0336. The fourth-order valence-corrected chi connectivity index (χ4v) is 3.36. The normalized spacial score (nSPS) is 41.2. The molecule has 1 aliphatic heterocycles. The number of fused-ring (bicyclic) bond motifs is 1. The highest BCUT2D eigenvalue weighted by molar-refractivity contribution is 5.52. The van der Waals surface area contributed by atoms with Gasteiger partial charge in [0.05, 0.1) is 12.6 Å². The lowest BCUT2D eigenvalue weighted by atomic mass is 9.54. The summed E-state index contributed by atoms with van der Waals surface area (Å²) in [7, 11) is 0. The lowest BCUT2D eigenvalue weighted by Crippen LogP contribution is -2.70. The van der Waals surface area contributed by atoms with Gasteiger partial charge in [0.2, 0.25) is 0 Å². The van der Waals surface area contributed by atoms with Crippen LogP contribution in [0.2, 0.25) is 0 Å². The first-order valence-electron chi connectivity index (χ1n) is 5.45. The van der Waals surface area contributed by atoms with E-state index in [4.69, 9.17) is 0 Å². The highest BCUT2D eigenvalue weighted by Gasteiger charge is 2.58. The summed E-state index contributed by atoms with van der Waals surface area (Å²) in [6.07, 6.45) is 3.03. The topological polar surface area (TPSA) is 40.5 Å².